The van der Waals surface area contributed by atoms with Gasteiger partial charge in [0.05, 0.1) is 25.2 Å². The molecule has 0 radical (unpaired) electrons. The Hall–Kier alpha value is -5.42. The van der Waals surface area contributed by atoms with Crippen LogP contribution in [0.4, 0.5) is 0 Å². The number of rotatable bonds is 21. The number of carbonyl (C=O) groups is 8. The first-order valence-electron chi connectivity index (χ1n) is 20.8. The van der Waals surface area contributed by atoms with E-state index in [2.05, 4.69) is 37.2 Å². The quantitative estimate of drug-likeness (QED) is 0.0628. The minimum Gasteiger partial charge on any atom is -0.488 e. The molecule has 1 aliphatic rings. The van der Waals surface area contributed by atoms with Crippen molar-refractivity contribution in [1.82, 2.24) is 37.2 Å². The molecule has 0 saturated carbocycles. The Morgan fingerprint density at radius 2 is 1.28 bits per heavy atom. The maximum absolute atomic E-state index is 13.7. The summed E-state index contributed by atoms with van der Waals surface area (Å²) in [5.41, 5.74) is -0.642. The predicted octanol–water partition coefficient (Wildman–Crippen LogP) is -2.12. The zero-order valence-corrected chi connectivity index (χ0v) is 38.3. The van der Waals surface area contributed by atoms with Gasteiger partial charge in [0, 0.05) is 20.3 Å². The second-order valence-electron chi connectivity index (χ2n) is 17.9. The zero-order valence-electron chi connectivity index (χ0n) is 38.3. The number of ether oxygens (including phenoxy) is 3. The van der Waals surface area contributed by atoms with Crippen LogP contribution >= 0.6 is 0 Å². The van der Waals surface area contributed by atoms with Crippen molar-refractivity contribution in [2.24, 2.45) is 5.92 Å². The van der Waals surface area contributed by atoms with E-state index >= 15 is 0 Å². The Balaban J connectivity index is 2.26. The highest BCUT2D eigenvalue weighted by molar-refractivity contribution is 5.97. The smallest absolute Gasteiger partial charge is 0.328 e. The van der Waals surface area contributed by atoms with Gasteiger partial charge in [-0.15, -0.1) is 0 Å². The summed E-state index contributed by atoms with van der Waals surface area (Å²) in [6, 6.07) is -1.74. The van der Waals surface area contributed by atoms with Crippen LogP contribution < -0.4 is 42.0 Å². The van der Waals surface area contributed by atoms with Gasteiger partial charge in [-0.05, 0) is 72.1 Å². The van der Waals surface area contributed by atoms with Gasteiger partial charge in [0.25, 0.3) is 0 Å². The highest BCUT2D eigenvalue weighted by Crippen LogP contribution is 2.21. The summed E-state index contributed by atoms with van der Waals surface area (Å²) < 4.78 is 17.0. The first-order valence-corrected chi connectivity index (χ1v) is 20.8. The monoisotopic (exact) mass is 909 g/mol. The number of carboxylic acids is 1. The van der Waals surface area contributed by atoms with Crippen molar-refractivity contribution < 1.29 is 73.0 Å². The van der Waals surface area contributed by atoms with Gasteiger partial charge in [-0.3, -0.25) is 33.6 Å². The molecule has 0 bridgehead atoms. The Labute approximate surface area is 372 Å². The van der Waals surface area contributed by atoms with Crippen LogP contribution in [0.2, 0.25) is 0 Å². The number of aliphatic hydroxyl groups excluding tert-OH is 3. The number of hydrogen-bond donors (Lipinski definition) is 11. The molecular formula is C42H67N7O15. The Kier molecular flexibility index (Phi) is 20.5. The molecule has 1 aromatic rings. The molecule has 1 heterocycles. The molecule has 1 saturated heterocycles. The van der Waals surface area contributed by atoms with Crippen molar-refractivity contribution in [3.05, 3.63) is 29.8 Å². The molecule has 1 aliphatic heterocycles. The molecule has 0 aliphatic carbocycles. The third-order valence-corrected chi connectivity index (χ3v) is 9.40. The van der Waals surface area contributed by atoms with Crippen molar-refractivity contribution in [3.63, 3.8) is 0 Å². The van der Waals surface area contributed by atoms with E-state index in [4.69, 9.17) is 14.2 Å². The van der Waals surface area contributed by atoms with E-state index in [9.17, 15) is 58.8 Å². The summed E-state index contributed by atoms with van der Waals surface area (Å²) in [6.45, 7) is 16.3. The molecule has 22 heteroatoms. The summed E-state index contributed by atoms with van der Waals surface area (Å²) in [7, 11) is 0. The fourth-order valence-electron chi connectivity index (χ4n) is 6.22. The van der Waals surface area contributed by atoms with Crippen LogP contribution in [0.1, 0.15) is 88.1 Å². The normalized spacial score (nSPS) is 21.1. The molecule has 2 rings (SSSR count). The van der Waals surface area contributed by atoms with Crippen LogP contribution in [0.3, 0.4) is 0 Å². The van der Waals surface area contributed by atoms with Crippen LogP contribution in [0.25, 0.3) is 0 Å². The summed E-state index contributed by atoms with van der Waals surface area (Å²) in [5, 5.41) is 57.4. The molecule has 0 unspecified atom stereocenters. The highest BCUT2D eigenvalue weighted by Gasteiger charge is 2.45. The lowest BCUT2D eigenvalue weighted by atomic mass is 9.95. The van der Waals surface area contributed by atoms with Gasteiger partial charge in [0.1, 0.15) is 59.9 Å². The van der Waals surface area contributed by atoms with Crippen LogP contribution in [0.15, 0.2) is 24.3 Å². The van der Waals surface area contributed by atoms with E-state index in [1.807, 2.05) is 20.8 Å². The van der Waals surface area contributed by atoms with E-state index in [1.54, 1.807) is 58.9 Å². The molecule has 1 aromatic carbocycles. The molecule has 0 spiro atoms. The number of carboxylic acid groups (broad SMARTS) is 1. The molecular weight excluding hydrogens is 842 g/mol. The van der Waals surface area contributed by atoms with Crippen molar-refractivity contribution in [3.8, 4) is 5.75 Å². The van der Waals surface area contributed by atoms with Crippen LogP contribution in [0.5, 0.6) is 5.75 Å². The first kappa shape index (κ1) is 54.7. The standard InChI is InChI=1S/C42H67N7O15/c1-20(2)31(49-37(58)27(44-22(4)51)17-30(53)48-39-32(45-23(5)52)34(55)33(54)29(18-50)63-39)38(59)43-21(3)35(56)46-26(16-24-12-14-25(15-13-24)64-42(9,10)11)36(57)47-28(40(60)61)19-62-41(6,7)8/h12-15,20-21,26-29,31-34,39,50,54-55H,16-19H2,1-11H3,(H,43,59)(H,44,51)(H,45,52)(H,46,56)(H,47,57)(H,48,53)(H,49,58)(H,60,61)/t21-,26-,27-,28-,29+,31-,32+,33+,34+,39+/m0/s1. The third kappa shape index (κ3) is 18.4. The second-order valence-corrected chi connectivity index (χ2v) is 17.9. The molecule has 7 amide bonds. The molecule has 1 fully saturated rings. The fraction of sp³-hybridized carbons (Fsp3) is 0.667. The Bertz CT molecular complexity index is 1800. The summed E-state index contributed by atoms with van der Waals surface area (Å²) >= 11 is 0. The van der Waals surface area contributed by atoms with Gasteiger partial charge in [-0.25, -0.2) is 4.79 Å². The van der Waals surface area contributed by atoms with E-state index in [1.165, 1.54) is 6.92 Å². The molecule has 11 N–H and O–H groups in total. The van der Waals surface area contributed by atoms with E-state index in [0.29, 0.717) is 11.3 Å². The molecule has 64 heavy (non-hydrogen) atoms. The first-order chi connectivity index (χ1) is 29.5. The highest BCUT2D eigenvalue weighted by atomic mass is 16.5. The van der Waals surface area contributed by atoms with Gasteiger partial charge in [-0.1, -0.05) is 26.0 Å². The molecule has 360 valence electrons. The Morgan fingerprint density at radius 1 is 0.703 bits per heavy atom. The molecule has 22 nitrogen and oxygen atoms in total. The lowest BCUT2D eigenvalue weighted by Gasteiger charge is -2.42. The second kappa shape index (κ2) is 24.0. The van der Waals surface area contributed by atoms with Crippen LogP contribution in [-0.4, -0.2) is 153 Å². The lowest BCUT2D eigenvalue weighted by molar-refractivity contribution is -0.203. The van der Waals surface area contributed by atoms with Crippen molar-refractivity contribution >= 4 is 47.3 Å². The van der Waals surface area contributed by atoms with Gasteiger partial charge < -0.3 is 71.9 Å². The van der Waals surface area contributed by atoms with Crippen molar-refractivity contribution in [2.75, 3.05) is 13.2 Å². The average Bonchev–Trinajstić information content (AvgIpc) is 3.16. The molecule has 10 atom stereocenters. The summed E-state index contributed by atoms with van der Waals surface area (Å²) in [4.78, 5) is 104. The topological polar surface area (TPSA) is 329 Å². The third-order valence-electron chi connectivity index (χ3n) is 9.40. The minimum absolute atomic E-state index is 0.103. The SMILES string of the molecule is CC(=O)N[C@@H]1[C@@H](O)[C@H](O)[C@@H](CO)O[C@H]1NC(=O)C[C@H](NC(C)=O)C(=O)N[C@H](C(=O)N[C@@H](C)C(=O)N[C@@H](Cc1ccc(OC(C)(C)C)cc1)C(=O)N[C@@H](COC(C)(C)C)C(=O)O)C(C)C. The lowest BCUT2D eigenvalue weighted by Crippen LogP contribution is -2.68. The zero-order chi connectivity index (χ0) is 48.9. The van der Waals surface area contributed by atoms with E-state index < -0.39 is 138 Å². The van der Waals surface area contributed by atoms with Crippen molar-refractivity contribution in [2.45, 2.75) is 161 Å². The number of aliphatic hydroxyl groups is 3. The fourth-order valence-corrected chi connectivity index (χ4v) is 6.22. The minimum atomic E-state index is -1.68. The van der Waals surface area contributed by atoms with Crippen LogP contribution in [-0.2, 0) is 54.3 Å². The maximum Gasteiger partial charge on any atom is 0.328 e. The Morgan fingerprint density at radius 3 is 1.78 bits per heavy atom. The van der Waals surface area contributed by atoms with Gasteiger partial charge in [0.15, 0.2) is 12.3 Å². The number of amides is 7. The molecule has 0 aromatic heterocycles. The van der Waals surface area contributed by atoms with Gasteiger partial charge in [-0.2, -0.15) is 0 Å². The number of hydrogen-bond acceptors (Lipinski definition) is 14. The maximum atomic E-state index is 13.7. The van der Waals surface area contributed by atoms with E-state index in [-0.39, 0.29) is 13.0 Å². The summed E-state index contributed by atoms with van der Waals surface area (Å²) in [6.07, 6.45) is -7.00. The van der Waals surface area contributed by atoms with E-state index in [0.717, 1.165) is 13.8 Å². The summed E-state index contributed by atoms with van der Waals surface area (Å²) in [5.74, 6) is -7.30. The predicted molar refractivity (Wildman–Crippen MR) is 228 cm³/mol. The van der Waals surface area contributed by atoms with Crippen LogP contribution in [0, 0.1) is 5.92 Å². The number of aliphatic carboxylic acids is 1. The number of nitrogens with one attached hydrogen (secondary N) is 7. The van der Waals surface area contributed by atoms with Gasteiger partial charge >= 0.3 is 5.97 Å². The number of carbonyl (C=O) groups excluding carboxylic acids is 7. The number of benzene rings is 1. The van der Waals surface area contributed by atoms with Gasteiger partial charge in [0.2, 0.25) is 41.4 Å². The van der Waals surface area contributed by atoms with Crippen molar-refractivity contribution in [1.29, 1.82) is 0 Å². The average molecular weight is 910 g/mol. The largest absolute Gasteiger partial charge is 0.488 e.